The molecule has 1 aromatic rings. The van der Waals surface area contributed by atoms with Crippen LogP contribution in [0.5, 0.6) is 0 Å². The van der Waals surface area contributed by atoms with Gasteiger partial charge in [0, 0.05) is 17.3 Å². The number of sulfonamides is 1. The Hall–Kier alpha value is -1.34. The summed E-state index contributed by atoms with van der Waals surface area (Å²) in [5, 5.41) is 9.03. The molecule has 0 radical (unpaired) electrons. The number of aromatic carboxylic acids is 1. The number of aromatic nitrogens is 1. The Morgan fingerprint density at radius 1 is 1.30 bits per heavy atom. The van der Waals surface area contributed by atoms with Gasteiger partial charge in [0.1, 0.15) is 10.6 Å². The first-order valence-electron chi connectivity index (χ1n) is 6.32. The Kier molecular flexibility index (Phi) is 4.36. The van der Waals surface area contributed by atoms with Gasteiger partial charge in [-0.15, -0.1) is 0 Å². The van der Waals surface area contributed by atoms with Crippen LogP contribution in [0.25, 0.3) is 0 Å². The fraction of sp³-hybridized carbons (Fsp3) is 0.615. The quantitative estimate of drug-likeness (QED) is 0.792. The highest BCUT2D eigenvalue weighted by molar-refractivity contribution is 7.89. The number of carboxylic acids is 1. The van der Waals surface area contributed by atoms with E-state index in [0.29, 0.717) is 5.69 Å². The van der Waals surface area contributed by atoms with Crippen LogP contribution in [0, 0.1) is 19.3 Å². The number of rotatable bonds is 4. The summed E-state index contributed by atoms with van der Waals surface area (Å²) in [5.41, 5.74) is 0.226. The van der Waals surface area contributed by atoms with Crippen molar-refractivity contribution in [3.05, 3.63) is 17.0 Å². The molecule has 3 N–H and O–H groups in total. The molecule has 0 aliphatic heterocycles. The zero-order chi connectivity index (χ0) is 15.9. The lowest BCUT2D eigenvalue weighted by Gasteiger charge is -2.27. The highest BCUT2D eigenvalue weighted by Crippen LogP contribution is 2.26. The number of aromatic amines is 1. The van der Waals surface area contributed by atoms with E-state index in [0.717, 1.165) is 0 Å². The third kappa shape index (κ3) is 3.21. The predicted molar refractivity (Wildman–Crippen MR) is 76.5 cm³/mol. The zero-order valence-corrected chi connectivity index (χ0v) is 13.5. The summed E-state index contributed by atoms with van der Waals surface area (Å²) in [7, 11) is -3.76. The van der Waals surface area contributed by atoms with E-state index >= 15 is 0 Å². The summed E-state index contributed by atoms with van der Waals surface area (Å²) >= 11 is 0. The van der Waals surface area contributed by atoms with E-state index < -0.39 is 16.0 Å². The van der Waals surface area contributed by atoms with Crippen LogP contribution in [0.4, 0.5) is 0 Å². The second-order valence-electron chi connectivity index (χ2n) is 6.09. The van der Waals surface area contributed by atoms with Crippen molar-refractivity contribution in [2.24, 2.45) is 5.41 Å². The standard InChI is InChI=1S/C13H22N2O4S/c1-7-10(12(16)17)14-8(2)11(7)20(18,19)15-9(3)13(4,5)6/h9,14-15H,1-6H3,(H,16,17). The number of aryl methyl sites for hydroxylation is 1. The average molecular weight is 302 g/mol. The Morgan fingerprint density at radius 2 is 1.80 bits per heavy atom. The lowest BCUT2D eigenvalue weighted by Crippen LogP contribution is -2.41. The number of carbonyl (C=O) groups is 1. The molecule has 1 heterocycles. The van der Waals surface area contributed by atoms with Crippen LogP contribution < -0.4 is 4.72 Å². The van der Waals surface area contributed by atoms with Gasteiger partial charge in [-0.2, -0.15) is 0 Å². The van der Waals surface area contributed by atoms with Crippen molar-refractivity contribution in [1.29, 1.82) is 0 Å². The molecule has 0 fully saturated rings. The van der Waals surface area contributed by atoms with Crippen LogP contribution in [0.2, 0.25) is 0 Å². The topological polar surface area (TPSA) is 99.3 Å². The van der Waals surface area contributed by atoms with Crippen LogP contribution in [0.1, 0.15) is 49.4 Å². The van der Waals surface area contributed by atoms with E-state index in [2.05, 4.69) is 9.71 Å². The summed E-state index contributed by atoms with van der Waals surface area (Å²) in [6.07, 6.45) is 0. The first-order chi connectivity index (χ1) is 8.88. The molecule has 6 nitrogen and oxygen atoms in total. The molecule has 0 saturated heterocycles. The van der Waals surface area contributed by atoms with Crippen LogP contribution in [-0.4, -0.2) is 30.5 Å². The van der Waals surface area contributed by atoms with E-state index in [4.69, 9.17) is 5.11 Å². The molecule has 0 spiro atoms. The van der Waals surface area contributed by atoms with Gasteiger partial charge in [-0.3, -0.25) is 0 Å². The largest absolute Gasteiger partial charge is 0.477 e. The van der Waals surface area contributed by atoms with Gasteiger partial charge < -0.3 is 10.1 Å². The molecule has 114 valence electrons. The molecule has 1 aromatic heterocycles. The van der Waals surface area contributed by atoms with E-state index in [1.807, 2.05) is 20.8 Å². The van der Waals surface area contributed by atoms with Crippen LogP contribution in [-0.2, 0) is 10.0 Å². The lowest BCUT2D eigenvalue weighted by molar-refractivity contribution is 0.0690. The third-order valence-corrected chi connectivity index (χ3v) is 5.30. The highest BCUT2D eigenvalue weighted by atomic mass is 32.2. The SMILES string of the molecule is Cc1[nH]c(C(=O)O)c(C)c1S(=O)(=O)NC(C)C(C)(C)C. The van der Waals surface area contributed by atoms with Crippen molar-refractivity contribution in [2.45, 2.75) is 52.5 Å². The molecule has 20 heavy (non-hydrogen) atoms. The molecule has 7 heteroatoms. The first kappa shape index (κ1) is 16.7. The fourth-order valence-electron chi connectivity index (χ4n) is 1.82. The van der Waals surface area contributed by atoms with E-state index in [1.54, 1.807) is 13.8 Å². The molecule has 0 aliphatic carbocycles. The van der Waals surface area contributed by atoms with Gasteiger partial charge in [0.05, 0.1) is 0 Å². The molecule has 1 unspecified atom stereocenters. The number of H-pyrrole nitrogens is 1. The summed E-state index contributed by atoms with van der Waals surface area (Å²) < 4.78 is 27.5. The maximum atomic E-state index is 12.4. The summed E-state index contributed by atoms with van der Waals surface area (Å²) in [4.78, 5) is 13.7. The van der Waals surface area contributed by atoms with Gasteiger partial charge in [-0.1, -0.05) is 20.8 Å². The molecular weight excluding hydrogens is 280 g/mol. The van der Waals surface area contributed by atoms with Crippen molar-refractivity contribution in [1.82, 2.24) is 9.71 Å². The minimum Gasteiger partial charge on any atom is -0.477 e. The van der Waals surface area contributed by atoms with Crippen LogP contribution >= 0.6 is 0 Å². The second kappa shape index (κ2) is 5.21. The van der Waals surface area contributed by atoms with Crippen molar-refractivity contribution in [2.75, 3.05) is 0 Å². The van der Waals surface area contributed by atoms with Gasteiger partial charge in [0.2, 0.25) is 10.0 Å². The maximum Gasteiger partial charge on any atom is 0.352 e. The van der Waals surface area contributed by atoms with Crippen LogP contribution in [0.3, 0.4) is 0 Å². The number of carboxylic acid groups (broad SMARTS) is 1. The molecule has 1 rings (SSSR count). The fourth-order valence-corrected chi connectivity index (χ4v) is 3.71. The van der Waals surface area contributed by atoms with E-state index in [1.165, 1.54) is 6.92 Å². The Balaban J connectivity index is 3.27. The minimum atomic E-state index is -3.76. The Morgan fingerprint density at radius 3 is 2.15 bits per heavy atom. The van der Waals surface area contributed by atoms with Gasteiger partial charge in [-0.25, -0.2) is 17.9 Å². The van der Waals surface area contributed by atoms with Crippen molar-refractivity contribution in [3.8, 4) is 0 Å². The van der Waals surface area contributed by atoms with Gasteiger partial charge in [0.25, 0.3) is 0 Å². The number of nitrogens with one attached hydrogen (secondary N) is 2. The smallest absolute Gasteiger partial charge is 0.352 e. The summed E-state index contributed by atoms with van der Waals surface area (Å²) in [5.74, 6) is -1.17. The van der Waals surface area contributed by atoms with Gasteiger partial charge in [0.15, 0.2) is 0 Å². The molecule has 0 amide bonds. The summed E-state index contributed by atoms with van der Waals surface area (Å²) in [6.45, 7) is 10.6. The van der Waals surface area contributed by atoms with Crippen molar-refractivity contribution < 1.29 is 18.3 Å². The van der Waals surface area contributed by atoms with Gasteiger partial charge in [-0.05, 0) is 26.2 Å². The van der Waals surface area contributed by atoms with E-state index in [9.17, 15) is 13.2 Å². The molecular formula is C13H22N2O4S. The zero-order valence-electron chi connectivity index (χ0n) is 12.7. The number of hydrogen-bond donors (Lipinski definition) is 3. The van der Waals surface area contributed by atoms with Gasteiger partial charge >= 0.3 is 5.97 Å². The van der Waals surface area contributed by atoms with Crippen molar-refractivity contribution >= 4 is 16.0 Å². The second-order valence-corrected chi connectivity index (χ2v) is 7.74. The minimum absolute atomic E-state index is 0.0194. The van der Waals surface area contributed by atoms with Crippen molar-refractivity contribution in [3.63, 3.8) is 0 Å². The highest BCUT2D eigenvalue weighted by Gasteiger charge is 2.30. The van der Waals surface area contributed by atoms with E-state index in [-0.39, 0.29) is 27.6 Å². The summed E-state index contributed by atoms with van der Waals surface area (Å²) in [6, 6.07) is -0.283. The first-order valence-corrected chi connectivity index (χ1v) is 7.81. The Bertz CT molecular complexity index is 624. The molecule has 0 aromatic carbocycles. The third-order valence-electron chi connectivity index (χ3n) is 3.48. The predicted octanol–water partition coefficient (Wildman–Crippen LogP) is 2.04. The van der Waals surface area contributed by atoms with Crippen LogP contribution in [0.15, 0.2) is 4.90 Å². The normalized spacial score (nSPS) is 14.3. The Labute approximate surface area is 119 Å². The molecule has 0 saturated carbocycles. The molecule has 1 atom stereocenters. The number of hydrogen-bond acceptors (Lipinski definition) is 3. The molecule has 0 bridgehead atoms. The maximum absolute atomic E-state index is 12.4. The monoisotopic (exact) mass is 302 g/mol. The average Bonchev–Trinajstić information content (AvgIpc) is 2.52. The molecule has 0 aliphatic rings. The lowest BCUT2D eigenvalue weighted by atomic mass is 9.89.